The summed E-state index contributed by atoms with van der Waals surface area (Å²) >= 11 is 0. The second-order valence-electron chi connectivity index (χ2n) is 6.60. The Morgan fingerprint density at radius 1 is 1.17 bits per heavy atom. The number of methoxy groups -OCH3 is 2. The first kappa shape index (κ1) is 12.5. The Balaban J connectivity index is 1.74. The van der Waals surface area contributed by atoms with Gasteiger partial charge in [-0.2, -0.15) is 0 Å². The van der Waals surface area contributed by atoms with Crippen LogP contribution in [-0.2, 0) is 14.3 Å². The Bertz CT molecular complexity index is 325. The van der Waals surface area contributed by atoms with Crippen LogP contribution in [0.3, 0.4) is 0 Å². The highest BCUT2D eigenvalue weighted by Gasteiger charge is 2.57. The maximum absolute atomic E-state index is 11.4. The van der Waals surface area contributed by atoms with E-state index in [9.17, 15) is 4.79 Å². The highest BCUT2D eigenvalue weighted by molar-refractivity contribution is 5.69. The van der Waals surface area contributed by atoms with Crippen molar-refractivity contribution in [2.45, 2.75) is 50.5 Å². The van der Waals surface area contributed by atoms with Crippen LogP contribution in [-0.4, -0.2) is 25.8 Å². The van der Waals surface area contributed by atoms with Gasteiger partial charge in [0.05, 0.1) is 12.7 Å². The van der Waals surface area contributed by atoms with Crippen molar-refractivity contribution >= 4 is 5.97 Å². The fourth-order valence-electron chi connectivity index (χ4n) is 5.26. The largest absolute Gasteiger partial charge is 0.469 e. The monoisotopic (exact) mass is 252 g/mol. The lowest BCUT2D eigenvalue weighted by Gasteiger charge is -2.60. The van der Waals surface area contributed by atoms with Gasteiger partial charge in [0.2, 0.25) is 0 Å². The average molecular weight is 252 g/mol. The van der Waals surface area contributed by atoms with E-state index in [-0.39, 0.29) is 11.6 Å². The van der Waals surface area contributed by atoms with Gasteiger partial charge in [0.15, 0.2) is 0 Å². The Labute approximate surface area is 109 Å². The van der Waals surface area contributed by atoms with Gasteiger partial charge in [0.1, 0.15) is 0 Å². The molecule has 3 heteroatoms. The van der Waals surface area contributed by atoms with Crippen LogP contribution in [0.5, 0.6) is 0 Å². The second kappa shape index (κ2) is 4.52. The van der Waals surface area contributed by atoms with Crippen molar-refractivity contribution in [2.24, 2.45) is 23.7 Å². The number of esters is 1. The minimum absolute atomic E-state index is 0.0740. The van der Waals surface area contributed by atoms with E-state index < -0.39 is 0 Å². The molecule has 4 rings (SSSR count). The van der Waals surface area contributed by atoms with Gasteiger partial charge in [-0.1, -0.05) is 0 Å². The molecule has 4 saturated carbocycles. The summed E-state index contributed by atoms with van der Waals surface area (Å²) in [5.74, 6) is 3.07. The minimum Gasteiger partial charge on any atom is -0.469 e. The SMILES string of the molecule is COC(=O)CCC1C2CC3CC(C2)CC1(OC)C3. The molecule has 0 saturated heterocycles. The molecule has 0 aliphatic heterocycles. The van der Waals surface area contributed by atoms with Gasteiger partial charge in [-0.3, -0.25) is 4.79 Å². The number of carbonyl (C=O) groups excluding carboxylic acids is 1. The molecular weight excluding hydrogens is 228 g/mol. The van der Waals surface area contributed by atoms with E-state index in [1.54, 1.807) is 0 Å². The first-order chi connectivity index (χ1) is 8.66. The van der Waals surface area contributed by atoms with E-state index in [0.717, 1.165) is 24.2 Å². The number of hydrogen-bond acceptors (Lipinski definition) is 3. The first-order valence-electron chi connectivity index (χ1n) is 7.29. The molecule has 102 valence electrons. The highest BCUT2D eigenvalue weighted by atomic mass is 16.5. The Hall–Kier alpha value is -0.570. The fraction of sp³-hybridized carbons (Fsp3) is 0.933. The normalized spacial score (nSPS) is 45.2. The number of ether oxygens (including phenoxy) is 2. The summed E-state index contributed by atoms with van der Waals surface area (Å²) in [6.45, 7) is 0. The van der Waals surface area contributed by atoms with Crippen LogP contribution in [0, 0.1) is 23.7 Å². The quantitative estimate of drug-likeness (QED) is 0.722. The zero-order valence-corrected chi connectivity index (χ0v) is 11.5. The van der Waals surface area contributed by atoms with E-state index in [4.69, 9.17) is 9.47 Å². The Morgan fingerprint density at radius 3 is 2.39 bits per heavy atom. The molecule has 18 heavy (non-hydrogen) atoms. The van der Waals surface area contributed by atoms with Gasteiger partial charge in [-0.05, 0) is 62.2 Å². The maximum Gasteiger partial charge on any atom is 0.305 e. The molecule has 0 aromatic carbocycles. The van der Waals surface area contributed by atoms with E-state index in [2.05, 4.69) is 0 Å². The molecule has 4 bridgehead atoms. The molecule has 4 fully saturated rings. The summed E-state index contributed by atoms with van der Waals surface area (Å²) in [5, 5.41) is 0. The topological polar surface area (TPSA) is 35.5 Å². The van der Waals surface area contributed by atoms with Gasteiger partial charge in [-0.15, -0.1) is 0 Å². The van der Waals surface area contributed by atoms with Gasteiger partial charge >= 0.3 is 5.97 Å². The zero-order chi connectivity index (χ0) is 12.8. The molecule has 0 amide bonds. The lowest BCUT2D eigenvalue weighted by Crippen LogP contribution is -2.58. The van der Waals surface area contributed by atoms with Crippen molar-refractivity contribution in [2.75, 3.05) is 14.2 Å². The predicted molar refractivity (Wildman–Crippen MR) is 68.0 cm³/mol. The van der Waals surface area contributed by atoms with Crippen molar-refractivity contribution in [1.29, 1.82) is 0 Å². The predicted octanol–water partition coefficient (Wildman–Crippen LogP) is 2.78. The van der Waals surface area contributed by atoms with Gasteiger partial charge < -0.3 is 9.47 Å². The third-order valence-electron chi connectivity index (χ3n) is 5.75. The third kappa shape index (κ3) is 1.87. The molecule has 4 aliphatic rings. The molecule has 0 radical (unpaired) electrons. The van der Waals surface area contributed by atoms with Crippen LogP contribution in [0.2, 0.25) is 0 Å². The Morgan fingerprint density at radius 2 is 1.83 bits per heavy atom. The van der Waals surface area contributed by atoms with Crippen molar-refractivity contribution in [1.82, 2.24) is 0 Å². The summed E-state index contributed by atoms with van der Waals surface area (Å²) in [7, 11) is 3.35. The molecule has 4 aliphatic carbocycles. The molecule has 0 aromatic heterocycles. The second-order valence-corrected chi connectivity index (χ2v) is 6.60. The van der Waals surface area contributed by atoms with Crippen LogP contribution in [0.4, 0.5) is 0 Å². The fourth-order valence-corrected chi connectivity index (χ4v) is 5.26. The lowest BCUT2D eigenvalue weighted by molar-refractivity contribution is -0.191. The van der Waals surface area contributed by atoms with Crippen molar-refractivity contribution in [3.63, 3.8) is 0 Å². The van der Waals surface area contributed by atoms with E-state index >= 15 is 0 Å². The molecule has 0 aromatic rings. The summed E-state index contributed by atoms with van der Waals surface area (Å²) in [4.78, 5) is 11.4. The molecule has 0 spiro atoms. The molecule has 0 heterocycles. The lowest BCUT2D eigenvalue weighted by atomic mass is 9.49. The average Bonchev–Trinajstić information content (AvgIpc) is 2.36. The smallest absolute Gasteiger partial charge is 0.305 e. The van der Waals surface area contributed by atoms with Crippen LogP contribution < -0.4 is 0 Å². The Kier molecular flexibility index (Phi) is 3.13. The summed E-state index contributed by atoms with van der Waals surface area (Å²) in [6.07, 6.45) is 8.11. The van der Waals surface area contributed by atoms with E-state index in [1.165, 1.54) is 39.2 Å². The number of hydrogen-bond donors (Lipinski definition) is 0. The maximum atomic E-state index is 11.4. The van der Waals surface area contributed by atoms with Gasteiger partial charge in [0.25, 0.3) is 0 Å². The highest BCUT2D eigenvalue weighted by Crippen LogP contribution is 2.60. The number of rotatable bonds is 4. The van der Waals surface area contributed by atoms with Crippen LogP contribution >= 0.6 is 0 Å². The van der Waals surface area contributed by atoms with Crippen LogP contribution in [0.1, 0.15) is 44.9 Å². The summed E-state index contributed by atoms with van der Waals surface area (Å²) in [6, 6.07) is 0. The van der Waals surface area contributed by atoms with Crippen molar-refractivity contribution in [3.05, 3.63) is 0 Å². The third-order valence-corrected chi connectivity index (χ3v) is 5.75. The molecular formula is C15H24O3. The zero-order valence-electron chi connectivity index (χ0n) is 11.5. The van der Waals surface area contributed by atoms with Crippen molar-refractivity contribution in [3.8, 4) is 0 Å². The molecule has 0 N–H and O–H groups in total. The van der Waals surface area contributed by atoms with Crippen molar-refractivity contribution < 1.29 is 14.3 Å². The van der Waals surface area contributed by atoms with E-state index in [1.807, 2.05) is 7.11 Å². The van der Waals surface area contributed by atoms with Gasteiger partial charge in [-0.25, -0.2) is 0 Å². The van der Waals surface area contributed by atoms with E-state index in [0.29, 0.717) is 12.3 Å². The summed E-state index contributed by atoms with van der Waals surface area (Å²) < 4.78 is 10.8. The van der Waals surface area contributed by atoms with Gasteiger partial charge in [0, 0.05) is 13.5 Å². The number of carbonyl (C=O) groups is 1. The molecule has 3 nitrogen and oxygen atoms in total. The van der Waals surface area contributed by atoms with Crippen LogP contribution in [0.15, 0.2) is 0 Å². The molecule has 3 unspecified atom stereocenters. The summed E-state index contributed by atoms with van der Waals surface area (Å²) in [5.41, 5.74) is 0.0861. The first-order valence-corrected chi connectivity index (χ1v) is 7.29. The minimum atomic E-state index is -0.0740. The standard InChI is InChI=1S/C15H24O3/c1-17-14(16)4-3-13-12-6-10-5-11(7-12)9-15(13,8-10)18-2/h10-13H,3-9H2,1-2H3. The van der Waals surface area contributed by atoms with Crippen LogP contribution in [0.25, 0.3) is 0 Å². The molecule has 3 atom stereocenters.